The third kappa shape index (κ3) is 3.42. The molecule has 0 aliphatic rings. The van der Waals surface area contributed by atoms with Crippen molar-refractivity contribution in [2.45, 2.75) is 32.2 Å². The van der Waals surface area contributed by atoms with E-state index in [1.165, 1.54) is 0 Å². The van der Waals surface area contributed by atoms with E-state index >= 15 is 0 Å². The van der Waals surface area contributed by atoms with Gasteiger partial charge in [-0.2, -0.15) is 5.10 Å². The molecule has 0 saturated heterocycles. The van der Waals surface area contributed by atoms with Gasteiger partial charge in [0.15, 0.2) is 0 Å². The summed E-state index contributed by atoms with van der Waals surface area (Å²) in [4.78, 5) is 4.30. The average molecular weight is 324 g/mol. The molecule has 1 aromatic carbocycles. The zero-order valence-corrected chi connectivity index (χ0v) is 12.7. The highest BCUT2D eigenvalue weighted by molar-refractivity contribution is 9.10. The molecule has 0 radical (unpaired) electrons. The number of nitrogens with zero attached hydrogens (tertiary/aromatic N) is 3. The molecular weight excluding hydrogens is 306 g/mol. The van der Waals surface area contributed by atoms with E-state index in [1.807, 2.05) is 28.9 Å². The monoisotopic (exact) mass is 323 g/mol. The van der Waals surface area contributed by atoms with E-state index in [-0.39, 0.29) is 18.6 Å². The zero-order valence-electron chi connectivity index (χ0n) is 11.1. The van der Waals surface area contributed by atoms with Gasteiger partial charge in [-0.1, -0.05) is 28.1 Å². The topological polar surface area (TPSA) is 50.9 Å². The molecule has 1 heterocycles. The quantitative estimate of drug-likeness (QED) is 0.920. The lowest BCUT2D eigenvalue weighted by molar-refractivity contribution is 0.261. The molecule has 1 atom stereocenters. The highest BCUT2D eigenvalue weighted by atomic mass is 79.9. The number of aliphatic hydroxyl groups excluding tert-OH is 1. The first kappa shape index (κ1) is 14.2. The molecule has 0 spiro atoms. The summed E-state index contributed by atoms with van der Waals surface area (Å²) in [5.74, 6) is 0.952. The van der Waals surface area contributed by atoms with Gasteiger partial charge in [0.1, 0.15) is 12.2 Å². The van der Waals surface area contributed by atoms with Crippen molar-refractivity contribution in [3.63, 3.8) is 0 Å². The van der Waals surface area contributed by atoms with Crippen LogP contribution in [0, 0.1) is 0 Å². The number of aromatic nitrogens is 3. The molecule has 1 aromatic heterocycles. The van der Waals surface area contributed by atoms with Gasteiger partial charge in [-0.25, -0.2) is 9.67 Å². The number of halogens is 1. The molecule has 0 amide bonds. The Kier molecular flexibility index (Phi) is 4.71. The molecular formula is C14H18BrN3O. The number of hydrogen-bond donors (Lipinski definition) is 1. The van der Waals surface area contributed by atoms with Crippen LogP contribution < -0.4 is 0 Å². The third-order valence-electron chi connectivity index (χ3n) is 3.11. The second kappa shape index (κ2) is 6.30. The summed E-state index contributed by atoms with van der Waals surface area (Å²) >= 11 is 3.46. The van der Waals surface area contributed by atoms with Crippen LogP contribution in [0.15, 0.2) is 35.1 Å². The van der Waals surface area contributed by atoms with Gasteiger partial charge in [-0.05, 0) is 31.5 Å². The van der Waals surface area contributed by atoms with Crippen LogP contribution in [0.4, 0.5) is 0 Å². The Morgan fingerprint density at radius 1 is 1.37 bits per heavy atom. The van der Waals surface area contributed by atoms with Gasteiger partial charge in [0.2, 0.25) is 0 Å². The highest BCUT2D eigenvalue weighted by Gasteiger charge is 2.16. The van der Waals surface area contributed by atoms with Gasteiger partial charge in [0.25, 0.3) is 0 Å². The summed E-state index contributed by atoms with van der Waals surface area (Å²) in [7, 11) is 0. The van der Waals surface area contributed by atoms with Crippen molar-refractivity contribution in [3.8, 4) is 0 Å². The fourth-order valence-electron chi connectivity index (χ4n) is 2.12. The Labute approximate surface area is 121 Å². The zero-order chi connectivity index (χ0) is 13.8. The van der Waals surface area contributed by atoms with E-state index in [2.05, 4.69) is 39.9 Å². The summed E-state index contributed by atoms with van der Waals surface area (Å²) in [6.45, 7) is 4.25. The van der Waals surface area contributed by atoms with Crippen LogP contribution in [0.3, 0.4) is 0 Å². The molecule has 2 rings (SSSR count). The van der Waals surface area contributed by atoms with Crippen LogP contribution in [0.25, 0.3) is 0 Å². The minimum atomic E-state index is 0.0409. The normalized spacial score (nSPS) is 12.9. The number of rotatable bonds is 5. The van der Waals surface area contributed by atoms with Crippen molar-refractivity contribution in [1.82, 2.24) is 14.8 Å². The van der Waals surface area contributed by atoms with Crippen molar-refractivity contribution in [2.24, 2.45) is 0 Å². The maximum atomic E-state index is 9.63. The summed E-state index contributed by atoms with van der Waals surface area (Å²) in [6.07, 6.45) is 2.26. The fraction of sp³-hybridized carbons (Fsp3) is 0.429. The van der Waals surface area contributed by atoms with E-state index in [4.69, 9.17) is 0 Å². The van der Waals surface area contributed by atoms with E-state index in [0.717, 1.165) is 15.9 Å². The summed E-state index contributed by atoms with van der Waals surface area (Å²) < 4.78 is 2.93. The maximum absolute atomic E-state index is 9.63. The number of hydrogen-bond acceptors (Lipinski definition) is 3. The summed E-state index contributed by atoms with van der Waals surface area (Å²) in [5, 5.41) is 13.9. The average Bonchev–Trinajstić information content (AvgIpc) is 2.84. The van der Waals surface area contributed by atoms with Gasteiger partial charge >= 0.3 is 0 Å². The minimum Gasteiger partial charge on any atom is -0.396 e. The second-order valence-electron chi connectivity index (χ2n) is 4.85. The van der Waals surface area contributed by atoms with Crippen LogP contribution in [0.5, 0.6) is 0 Å². The molecule has 0 bridgehead atoms. The van der Waals surface area contributed by atoms with Crippen LogP contribution in [-0.4, -0.2) is 26.5 Å². The molecule has 0 aliphatic heterocycles. The van der Waals surface area contributed by atoms with Gasteiger partial charge in [0, 0.05) is 22.9 Å². The van der Waals surface area contributed by atoms with E-state index in [1.54, 1.807) is 6.33 Å². The Bertz CT molecular complexity index is 539. The van der Waals surface area contributed by atoms with Crippen LogP contribution in [0.2, 0.25) is 0 Å². The van der Waals surface area contributed by atoms with Gasteiger partial charge in [-0.3, -0.25) is 0 Å². The first-order chi connectivity index (χ1) is 9.11. The minimum absolute atomic E-state index is 0.0409. The van der Waals surface area contributed by atoms with Crippen LogP contribution in [-0.2, 0) is 6.42 Å². The van der Waals surface area contributed by atoms with Crippen LogP contribution >= 0.6 is 15.9 Å². The molecule has 5 heteroatoms. The van der Waals surface area contributed by atoms with E-state index < -0.39 is 0 Å². The summed E-state index contributed by atoms with van der Waals surface area (Å²) in [6, 6.07) is 8.31. The molecule has 2 aromatic rings. The molecule has 102 valence electrons. The lowest BCUT2D eigenvalue weighted by atomic mass is 9.96. The summed E-state index contributed by atoms with van der Waals surface area (Å²) in [5.41, 5.74) is 1.11. The van der Waals surface area contributed by atoms with Crippen molar-refractivity contribution in [1.29, 1.82) is 0 Å². The Morgan fingerprint density at radius 3 is 2.79 bits per heavy atom. The van der Waals surface area contributed by atoms with Crippen molar-refractivity contribution < 1.29 is 5.11 Å². The number of benzene rings is 1. The molecule has 0 aliphatic carbocycles. The van der Waals surface area contributed by atoms with Gasteiger partial charge in [-0.15, -0.1) is 0 Å². The van der Waals surface area contributed by atoms with Crippen molar-refractivity contribution in [3.05, 3.63) is 46.5 Å². The SMILES string of the molecule is CC(C)n1ncnc1CC(CO)c1cccc(Br)c1. The molecule has 1 unspecified atom stereocenters. The molecule has 19 heavy (non-hydrogen) atoms. The predicted molar refractivity (Wildman–Crippen MR) is 78.1 cm³/mol. The first-order valence-corrected chi connectivity index (χ1v) is 7.15. The Morgan fingerprint density at radius 2 is 2.16 bits per heavy atom. The van der Waals surface area contributed by atoms with Crippen LogP contribution in [0.1, 0.15) is 37.2 Å². The molecule has 4 nitrogen and oxygen atoms in total. The van der Waals surface area contributed by atoms with Gasteiger partial charge in [0.05, 0.1) is 6.61 Å². The first-order valence-electron chi connectivity index (χ1n) is 6.36. The highest BCUT2D eigenvalue weighted by Crippen LogP contribution is 2.23. The van der Waals surface area contributed by atoms with E-state index in [9.17, 15) is 5.11 Å². The standard InChI is InChI=1S/C14H18BrN3O/c1-10(2)18-14(16-9-17-18)7-12(8-19)11-4-3-5-13(15)6-11/h3-6,9-10,12,19H,7-8H2,1-2H3. The van der Waals surface area contributed by atoms with Gasteiger partial charge < -0.3 is 5.11 Å². The third-order valence-corrected chi connectivity index (χ3v) is 3.60. The lowest BCUT2D eigenvalue weighted by Crippen LogP contribution is -2.14. The second-order valence-corrected chi connectivity index (χ2v) is 5.77. The molecule has 0 saturated carbocycles. The largest absolute Gasteiger partial charge is 0.396 e. The van der Waals surface area contributed by atoms with Crippen molar-refractivity contribution in [2.75, 3.05) is 6.61 Å². The maximum Gasteiger partial charge on any atom is 0.138 e. The van der Waals surface area contributed by atoms with E-state index in [0.29, 0.717) is 6.42 Å². The Balaban J connectivity index is 2.22. The molecule has 0 fully saturated rings. The molecule has 1 N–H and O–H groups in total. The predicted octanol–water partition coefficient (Wildman–Crippen LogP) is 2.94. The number of aliphatic hydroxyl groups is 1. The Hall–Kier alpha value is -1.20. The fourth-order valence-corrected chi connectivity index (χ4v) is 2.54. The lowest BCUT2D eigenvalue weighted by Gasteiger charge is -2.16. The smallest absolute Gasteiger partial charge is 0.138 e. The van der Waals surface area contributed by atoms with Crippen molar-refractivity contribution >= 4 is 15.9 Å².